The van der Waals surface area contributed by atoms with Gasteiger partial charge in [0.2, 0.25) is 0 Å². The van der Waals surface area contributed by atoms with Crippen LogP contribution in [0.25, 0.3) is 0 Å². The molecule has 2 aliphatic heterocycles. The Hall–Kier alpha value is -0.0800. The van der Waals surface area contributed by atoms with Crippen molar-refractivity contribution in [2.24, 2.45) is 5.92 Å². The van der Waals surface area contributed by atoms with Crippen LogP contribution >= 0.6 is 0 Å². The van der Waals surface area contributed by atoms with Gasteiger partial charge in [0.1, 0.15) is 0 Å². The molecule has 118 valence electrons. The van der Waals surface area contributed by atoms with Crippen LogP contribution in [0.2, 0.25) is 0 Å². The van der Waals surface area contributed by atoms with E-state index >= 15 is 0 Å². The third-order valence-corrected chi connectivity index (χ3v) is 5.58. The molecule has 0 radical (unpaired) electrons. The first-order chi connectivity index (χ1) is 9.63. The van der Waals surface area contributed by atoms with Gasteiger partial charge in [-0.15, -0.1) is 0 Å². The molecule has 2 saturated heterocycles. The Balaban J connectivity index is 1.88. The first kappa shape index (κ1) is 16.3. The first-order valence-corrected chi connectivity index (χ1v) is 9.13. The van der Waals surface area contributed by atoms with E-state index in [-0.39, 0.29) is 0 Å². The minimum atomic E-state index is 0.780. The van der Waals surface area contributed by atoms with Crippen LogP contribution in [0.15, 0.2) is 0 Å². The summed E-state index contributed by atoms with van der Waals surface area (Å²) in [6.07, 6.45) is 9.87. The maximum absolute atomic E-state index is 2.86. The van der Waals surface area contributed by atoms with Crippen LogP contribution < -0.4 is 0 Å². The van der Waals surface area contributed by atoms with E-state index in [2.05, 4.69) is 37.5 Å². The van der Waals surface area contributed by atoms with Crippen molar-refractivity contribution in [2.45, 2.75) is 90.8 Å². The van der Waals surface area contributed by atoms with E-state index in [1.54, 1.807) is 0 Å². The van der Waals surface area contributed by atoms with Crippen LogP contribution in [0, 0.1) is 5.92 Å². The van der Waals surface area contributed by atoms with E-state index in [9.17, 15) is 0 Å². The molecular formula is C18H36N2. The van der Waals surface area contributed by atoms with E-state index in [1.807, 2.05) is 0 Å². The molecule has 3 atom stereocenters. The van der Waals surface area contributed by atoms with Crippen molar-refractivity contribution in [1.82, 2.24) is 9.80 Å². The van der Waals surface area contributed by atoms with Gasteiger partial charge in [-0.1, -0.05) is 46.5 Å². The molecule has 0 aromatic heterocycles. The zero-order valence-corrected chi connectivity index (χ0v) is 14.3. The van der Waals surface area contributed by atoms with Crippen molar-refractivity contribution in [1.29, 1.82) is 0 Å². The molecule has 0 bridgehead atoms. The Morgan fingerprint density at radius 3 is 2.55 bits per heavy atom. The highest BCUT2D eigenvalue weighted by molar-refractivity contribution is 4.94. The van der Waals surface area contributed by atoms with Gasteiger partial charge in [0.25, 0.3) is 0 Å². The summed E-state index contributed by atoms with van der Waals surface area (Å²) in [7, 11) is 0. The van der Waals surface area contributed by atoms with Gasteiger partial charge >= 0.3 is 0 Å². The maximum Gasteiger partial charge on any atom is 0.0249 e. The minimum absolute atomic E-state index is 0.780. The molecule has 2 fully saturated rings. The molecule has 0 aromatic rings. The topological polar surface area (TPSA) is 6.48 Å². The van der Waals surface area contributed by atoms with Crippen LogP contribution in [0.5, 0.6) is 0 Å². The van der Waals surface area contributed by atoms with Crippen LogP contribution in [0.3, 0.4) is 0 Å². The largest absolute Gasteiger partial charge is 0.298 e. The predicted octanol–water partition coefficient (Wildman–Crippen LogP) is 4.15. The number of hydrogen-bond donors (Lipinski definition) is 0. The summed E-state index contributed by atoms with van der Waals surface area (Å²) in [4.78, 5) is 5.63. The summed E-state index contributed by atoms with van der Waals surface area (Å²) in [5.41, 5.74) is 0. The van der Waals surface area contributed by atoms with Crippen LogP contribution in [0.4, 0.5) is 0 Å². The van der Waals surface area contributed by atoms with Crippen LogP contribution in [0.1, 0.15) is 72.6 Å². The number of unbranched alkanes of at least 4 members (excludes halogenated alkanes) is 3. The second-order valence-electron chi connectivity index (χ2n) is 7.50. The molecule has 0 N–H and O–H groups in total. The smallest absolute Gasteiger partial charge is 0.0249 e. The van der Waals surface area contributed by atoms with Crippen molar-refractivity contribution < 1.29 is 0 Å². The lowest BCUT2D eigenvalue weighted by Gasteiger charge is -2.48. The quantitative estimate of drug-likeness (QED) is 0.646. The molecule has 2 aliphatic rings. The van der Waals surface area contributed by atoms with E-state index < -0.39 is 0 Å². The molecule has 2 heterocycles. The predicted molar refractivity (Wildman–Crippen MR) is 88.1 cm³/mol. The number of hydrogen-bond acceptors (Lipinski definition) is 2. The average molecular weight is 280 g/mol. The molecule has 2 rings (SSSR count). The second kappa shape index (κ2) is 7.79. The molecule has 2 nitrogen and oxygen atoms in total. The summed E-state index contributed by atoms with van der Waals surface area (Å²) in [5, 5.41) is 0. The fourth-order valence-corrected chi connectivity index (χ4v) is 4.20. The van der Waals surface area contributed by atoms with E-state index in [1.165, 1.54) is 64.6 Å². The van der Waals surface area contributed by atoms with Gasteiger partial charge in [-0.05, 0) is 38.6 Å². The zero-order valence-electron chi connectivity index (χ0n) is 14.3. The highest BCUT2D eigenvalue weighted by Gasteiger charge is 2.38. The van der Waals surface area contributed by atoms with Crippen molar-refractivity contribution in [3.63, 3.8) is 0 Å². The van der Waals surface area contributed by atoms with E-state index in [0.29, 0.717) is 0 Å². The number of rotatable bonds is 7. The number of piperazine rings is 1. The zero-order chi connectivity index (χ0) is 14.5. The van der Waals surface area contributed by atoms with Gasteiger partial charge in [-0.25, -0.2) is 0 Å². The SMILES string of the molecule is CCCCCCC(C)N1CC2CCCN2CC1C(C)C. The molecule has 0 saturated carbocycles. The normalized spacial score (nSPS) is 29.9. The molecule has 0 amide bonds. The fraction of sp³-hybridized carbons (Fsp3) is 1.00. The van der Waals surface area contributed by atoms with Crippen molar-refractivity contribution in [3.8, 4) is 0 Å². The van der Waals surface area contributed by atoms with Gasteiger partial charge in [0, 0.05) is 31.2 Å². The molecule has 0 aliphatic carbocycles. The average Bonchev–Trinajstić information content (AvgIpc) is 2.89. The van der Waals surface area contributed by atoms with E-state index in [0.717, 1.165) is 24.0 Å². The summed E-state index contributed by atoms with van der Waals surface area (Å²) in [6, 6.07) is 2.43. The molecule has 20 heavy (non-hydrogen) atoms. The lowest BCUT2D eigenvalue weighted by molar-refractivity contribution is 0.00206. The highest BCUT2D eigenvalue weighted by atomic mass is 15.3. The monoisotopic (exact) mass is 280 g/mol. The number of fused-ring (bicyclic) bond motifs is 1. The number of nitrogens with zero attached hydrogens (tertiary/aromatic N) is 2. The third kappa shape index (κ3) is 3.98. The highest BCUT2D eigenvalue weighted by Crippen LogP contribution is 2.30. The van der Waals surface area contributed by atoms with Gasteiger partial charge < -0.3 is 0 Å². The Morgan fingerprint density at radius 2 is 1.85 bits per heavy atom. The minimum Gasteiger partial charge on any atom is -0.298 e. The van der Waals surface area contributed by atoms with Crippen LogP contribution in [-0.4, -0.2) is 47.6 Å². The molecular weight excluding hydrogens is 244 g/mol. The van der Waals surface area contributed by atoms with Gasteiger partial charge in [-0.3, -0.25) is 9.80 Å². The first-order valence-electron chi connectivity index (χ1n) is 9.13. The summed E-state index contributed by atoms with van der Waals surface area (Å²) in [5.74, 6) is 0.787. The Bertz CT molecular complexity index is 277. The van der Waals surface area contributed by atoms with Crippen molar-refractivity contribution in [2.75, 3.05) is 19.6 Å². The molecule has 0 aromatic carbocycles. The molecule has 3 unspecified atom stereocenters. The van der Waals surface area contributed by atoms with Crippen LogP contribution in [-0.2, 0) is 0 Å². The van der Waals surface area contributed by atoms with Crippen molar-refractivity contribution >= 4 is 0 Å². The van der Waals surface area contributed by atoms with Gasteiger partial charge in [-0.2, -0.15) is 0 Å². The lowest BCUT2D eigenvalue weighted by Crippen LogP contribution is -2.60. The summed E-state index contributed by atoms with van der Waals surface area (Å²) >= 11 is 0. The Kier molecular flexibility index (Phi) is 6.35. The fourth-order valence-electron chi connectivity index (χ4n) is 4.20. The second-order valence-corrected chi connectivity index (χ2v) is 7.50. The Morgan fingerprint density at radius 1 is 1.05 bits per heavy atom. The van der Waals surface area contributed by atoms with Gasteiger partial charge in [0.05, 0.1) is 0 Å². The maximum atomic E-state index is 2.86. The lowest BCUT2D eigenvalue weighted by atomic mass is 9.94. The molecule has 2 heteroatoms. The Labute approximate surface area is 126 Å². The van der Waals surface area contributed by atoms with Crippen molar-refractivity contribution in [3.05, 3.63) is 0 Å². The summed E-state index contributed by atoms with van der Waals surface area (Å²) in [6.45, 7) is 13.6. The van der Waals surface area contributed by atoms with Gasteiger partial charge in [0.15, 0.2) is 0 Å². The van der Waals surface area contributed by atoms with E-state index in [4.69, 9.17) is 0 Å². The third-order valence-electron chi connectivity index (χ3n) is 5.58. The molecule has 0 spiro atoms. The summed E-state index contributed by atoms with van der Waals surface area (Å²) < 4.78 is 0. The standard InChI is InChI=1S/C18H36N2/c1-5-6-7-8-10-16(4)20-13-17-11-9-12-19(17)14-18(20)15(2)3/h15-18H,5-14H2,1-4H3.